The lowest BCUT2D eigenvalue weighted by Gasteiger charge is -2.18. The van der Waals surface area contributed by atoms with Gasteiger partial charge in [-0.3, -0.25) is 0 Å². The van der Waals surface area contributed by atoms with E-state index in [9.17, 15) is 0 Å². The van der Waals surface area contributed by atoms with Gasteiger partial charge >= 0.3 is 0 Å². The van der Waals surface area contributed by atoms with Gasteiger partial charge < -0.3 is 0 Å². The molecule has 4 aliphatic carbocycles. The molecule has 0 heteroatoms. The fraction of sp³-hybridized carbons (Fsp3) is 1.00. The Labute approximate surface area is 400 Å². The summed E-state index contributed by atoms with van der Waals surface area (Å²) in [5.41, 5.74) is 1.04. The molecule has 0 spiro atoms. The molecule has 0 bridgehead atoms. The maximum atomic E-state index is 2.34. The monoisotopic (exact) mass is 875 g/mol. The van der Waals surface area contributed by atoms with Crippen LogP contribution in [0.5, 0.6) is 0 Å². The molecule has 0 N–H and O–H groups in total. The Balaban J connectivity index is -0.0000000579. The maximum Gasteiger partial charge on any atom is -0.0385 e. The third-order valence-electron chi connectivity index (χ3n) is 9.08. The van der Waals surface area contributed by atoms with E-state index in [0.717, 1.165) is 41.4 Å². The molecule has 0 nitrogen and oxygen atoms in total. The fourth-order valence-corrected chi connectivity index (χ4v) is 2.79. The molecular weight excluding hydrogens is 733 g/mol. The van der Waals surface area contributed by atoms with E-state index in [1.807, 2.05) is 27.7 Å². The number of unbranched alkanes of at least 4 members (excludes halogenated alkanes) is 3. The Morgan fingerprint density at radius 1 is 0.410 bits per heavy atom. The van der Waals surface area contributed by atoms with Gasteiger partial charge in [-0.2, -0.15) is 0 Å². The quantitative estimate of drug-likeness (QED) is 0.249. The zero-order valence-corrected chi connectivity index (χ0v) is 50.9. The van der Waals surface area contributed by atoms with E-state index in [0.29, 0.717) is 10.8 Å². The van der Waals surface area contributed by atoms with Crippen molar-refractivity contribution in [1.29, 1.82) is 0 Å². The fourth-order valence-electron chi connectivity index (χ4n) is 2.79. The molecule has 0 radical (unpaired) electrons. The van der Waals surface area contributed by atoms with Crippen molar-refractivity contribution in [3.05, 3.63) is 0 Å². The minimum Gasteiger partial charge on any atom is -0.0683 e. The second kappa shape index (κ2) is 71.6. The van der Waals surface area contributed by atoms with Crippen LogP contribution in [0.3, 0.4) is 0 Å². The lowest BCUT2D eigenvalue weighted by atomic mass is 9.88. The van der Waals surface area contributed by atoms with E-state index in [2.05, 4.69) is 187 Å². The molecule has 386 valence electrons. The average molecular weight is 876 g/mol. The molecule has 0 aromatic carbocycles. The van der Waals surface area contributed by atoms with E-state index in [1.165, 1.54) is 135 Å². The molecule has 0 aliphatic heterocycles. The van der Waals surface area contributed by atoms with Crippen LogP contribution in [0.15, 0.2) is 0 Å². The van der Waals surface area contributed by atoms with Crippen LogP contribution in [0, 0.1) is 52.3 Å². The highest BCUT2D eigenvalue weighted by molar-refractivity contribution is 4.70. The molecule has 0 amide bonds. The van der Waals surface area contributed by atoms with Gasteiger partial charge in [-0.25, -0.2) is 0 Å². The van der Waals surface area contributed by atoms with Crippen molar-refractivity contribution in [1.82, 2.24) is 0 Å². The SMILES string of the molecule is CC.CC.CC(C)(C)C.CC(C)C.CC1CC1.CC1CCC1.CC1CCCC1.CCC.CCC(C)(C)C.CCC(C)C.CCC(C)C.CCC1CC1.CCCC.CCCCC. The first-order valence-corrected chi connectivity index (χ1v) is 28.2. The van der Waals surface area contributed by atoms with Crippen molar-refractivity contribution in [3.8, 4) is 0 Å². The van der Waals surface area contributed by atoms with Crippen molar-refractivity contribution in [2.75, 3.05) is 0 Å². The van der Waals surface area contributed by atoms with Crippen LogP contribution < -0.4 is 0 Å². The molecule has 0 unspecified atom stereocenters. The first kappa shape index (κ1) is 84.4. The number of rotatable bonds is 6. The van der Waals surface area contributed by atoms with Gasteiger partial charge in [0.15, 0.2) is 0 Å². The van der Waals surface area contributed by atoms with Crippen LogP contribution in [0.4, 0.5) is 0 Å². The van der Waals surface area contributed by atoms with Gasteiger partial charge in [0.2, 0.25) is 0 Å². The average Bonchev–Trinajstić information content (AvgIpc) is 4.13. The summed E-state index contributed by atoms with van der Waals surface area (Å²) < 4.78 is 0. The zero-order valence-electron chi connectivity index (χ0n) is 50.9. The summed E-state index contributed by atoms with van der Waals surface area (Å²) in [6.07, 6.45) is 29.7. The number of hydrogen-bond acceptors (Lipinski definition) is 0. The van der Waals surface area contributed by atoms with Crippen LogP contribution in [-0.4, -0.2) is 0 Å². The van der Waals surface area contributed by atoms with Gasteiger partial charge in [-0.05, 0) is 52.3 Å². The van der Waals surface area contributed by atoms with Gasteiger partial charge in [-0.15, -0.1) is 0 Å². The molecule has 4 saturated carbocycles. The van der Waals surface area contributed by atoms with Crippen LogP contribution in [0.25, 0.3) is 0 Å². The van der Waals surface area contributed by atoms with Gasteiger partial charge in [0.05, 0.1) is 0 Å². The summed E-state index contributed by atoms with van der Waals surface area (Å²) in [4.78, 5) is 0. The van der Waals surface area contributed by atoms with E-state index < -0.39 is 0 Å². The molecule has 0 atom stereocenters. The van der Waals surface area contributed by atoms with E-state index >= 15 is 0 Å². The van der Waals surface area contributed by atoms with Gasteiger partial charge in [0, 0.05) is 0 Å². The third kappa shape index (κ3) is 210. The molecule has 4 rings (SSSR count). The highest BCUT2D eigenvalue weighted by Gasteiger charge is 2.17. The standard InChI is InChI=1S/C6H12.C6H14.2C5H10.4C5H12.C4H8.2C4H10.C3H8.2C2H6/c1-6-4-2-3-5-6;1-5-6(2,3)4;1-5-3-2-4-5;1-2-5-3-4-5;1-5(2,3)4;2*1-4-5(2)3;1-3-5-4-2;1-4-2-3-4;1-4(2)3;1-3-4-2;1-3-2;2*1-2/h6H,2-5H2,1H3;5H2,1-4H3;2*5H,2-4H2,1H3;1-4H3;2*5H,4H2,1-3H3;3-5H2,1-2H3;4H,2-3H2,1H3;4H,1-3H3;3-4H2,1-2H3;3H2,1-2H3;2*1-2H3. The lowest BCUT2D eigenvalue weighted by molar-refractivity contribution is 0.346. The molecule has 4 aliphatic rings. The van der Waals surface area contributed by atoms with E-state index in [4.69, 9.17) is 0 Å². The number of hydrogen-bond donors (Lipinski definition) is 0. The normalized spacial score (nSPS) is 14.3. The second-order valence-electron chi connectivity index (χ2n) is 22.3. The van der Waals surface area contributed by atoms with Crippen molar-refractivity contribution in [3.63, 3.8) is 0 Å². The molecule has 61 heavy (non-hydrogen) atoms. The Hall–Kier alpha value is 0. The molecule has 0 heterocycles. The second-order valence-corrected chi connectivity index (χ2v) is 22.3. The smallest absolute Gasteiger partial charge is 0.0385 e. The molecule has 4 fully saturated rings. The van der Waals surface area contributed by atoms with Crippen LogP contribution in [-0.2, 0) is 0 Å². The van der Waals surface area contributed by atoms with Gasteiger partial charge in [-0.1, -0.05) is 349 Å². The van der Waals surface area contributed by atoms with Crippen molar-refractivity contribution in [2.24, 2.45) is 52.3 Å². The Morgan fingerprint density at radius 2 is 0.623 bits per heavy atom. The predicted molar refractivity (Wildman–Crippen MR) is 302 cm³/mol. The zero-order chi connectivity index (χ0) is 50.9. The Kier molecular flexibility index (Phi) is 99.1. The van der Waals surface area contributed by atoms with Crippen molar-refractivity contribution in [2.45, 2.75) is 349 Å². The molecule has 0 aromatic rings. The van der Waals surface area contributed by atoms with Crippen molar-refractivity contribution >= 4 is 0 Å². The van der Waals surface area contributed by atoms with E-state index in [1.54, 1.807) is 0 Å². The highest BCUT2D eigenvalue weighted by Crippen LogP contribution is 2.31. The first-order valence-electron chi connectivity index (χ1n) is 28.2. The van der Waals surface area contributed by atoms with Gasteiger partial charge in [0.1, 0.15) is 0 Å². The minimum atomic E-state index is 0.500. The maximum absolute atomic E-state index is 2.34. The third-order valence-corrected chi connectivity index (χ3v) is 9.08. The summed E-state index contributed by atoms with van der Waals surface area (Å²) in [7, 11) is 0. The Bertz CT molecular complexity index is 549. The van der Waals surface area contributed by atoms with Crippen molar-refractivity contribution < 1.29 is 0 Å². The topological polar surface area (TPSA) is 0 Å². The predicted octanol–water partition coefficient (Wildman–Crippen LogP) is 25.0. The minimum absolute atomic E-state index is 0.500. The van der Waals surface area contributed by atoms with Crippen LogP contribution in [0.2, 0.25) is 0 Å². The summed E-state index contributed by atoms with van der Waals surface area (Å²) in [5.74, 6) is 6.93. The first-order chi connectivity index (χ1) is 28.2. The molecule has 0 aromatic heterocycles. The van der Waals surface area contributed by atoms with Crippen LogP contribution >= 0.6 is 0 Å². The van der Waals surface area contributed by atoms with Crippen LogP contribution in [0.1, 0.15) is 349 Å². The highest BCUT2D eigenvalue weighted by atomic mass is 14.2. The van der Waals surface area contributed by atoms with E-state index in [-0.39, 0.29) is 0 Å². The summed E-state index contributed by atoms with van der Waals surface area (Å²) in [6.45, 7) is 67.7. The molecule has 0 saturated heterocycles. The summed E-state index contributed by atoms with van der Waals surface area (Å²) >= 11 is 0. The lowest BCUT2D eigenvalue weighted by Crippen LogP contribution is -2.04. The largest absolute Gasteiger partial charge is 0.0683 e. The van der Waals surface area contributed by atoms with Gasteiger partial charge in [0.25, 0.3) is 0 Å². The molecular formula is C61H142. The summed E-state index contributed by atoms with van der Waals surface area (Å²) in [5, 5.41) is 0. The Morgan fingerprint density at radius 3 is 0.639 bits per heavy atom. The summed E-state index contributed by atoms with van der Waals surface area (Å²) in [6, 6.07) is 0.